The molecular formula is C20H19N3O2. The Morgan fingerprint density at radius 1 is 0.960 bits per heavy atom. The number of para-hydroxylation sites is 1. The number of hydrogen-bond acceptors (Lipinski definition) is 4. The van der Waals surface area contributed by atoms with E-state index in [0.29, 0.717) is 12.4 Å². The molecule has 25 heavy (non-hydrogen) atoms. The normalized spacial score (nSPS) is 10.2. The maximum atomic E-state index is 12.7. The van der Waals surface area contributed by atoms with E-state index < -0.39 is 6.09 Å². The molecule has 0 fully saturated rings. The summed E-state index contributed by atoms with van der Waals surface area (Å²) in [7, 11) is 0. The summed E-state index contributed by atoms with van der Waals surface area (Å²) in [5, 5.41) is 0. The topological polar surface area (TPSA) is 68.5 Å². The van der Waals surface area contributed by atoms with Crippen LogP contribution in [0.3, 0.4) is 0 Å². The number of pyridine rings is 1. The fraction of sp³-hybridized carbons (Fsp3) is 0.100. The molecule has 126 valence electrons. The van der Waals surface area contributed by atoms with Crippen LogP contribution in [0.1, 0.15) is 11.1 Å². The van der Waals surface area contributed by atoms with Crippen LogP contribution in [0.15, 0.2) is 79.0 Å². The first kappa shape index (κ1) is 16.5. The molecule has 0 aliphatic carbocycles. The molecule has 3 aromatic rings. The average Bonchev–Trinajstić information content (AvgIpc) is 2.66. The monoisotopic (exact) mass is 333 g/mol. The van der Waals surface area contributed by atoms with Crippen LogP contribution in [0, 0.1) is 0 Å². The fourth-order valence-corrected chi connectivity index (χ4v) is 2.44. The van der Waals surface area contributed by atoms with E-state index in [1.807, 2.05) is 66.7 Å². The van der Waals surface area contributed by atoms with Crippen LogP contribution >= 0.6 is 0 Å². The smallest absolute Gasteiger partial charge is 0.414 e. The SMILES string of the molecule is Nc1cc(CN(C(=O)OCc2ccccc2)c2ccccc2)ccn1. The number of nitrogens with zero attached hydrogens (tertiary/aromatic N) is 2. The maximum absolute atomic E-state index is 12.7. The fourth-order valence-electron chi connectivity index (χ4n) is 2.44. The van der Waals surface area contributed by atoms with Crippen molar-refractivity contribution in [1.29, 1.82) is 0 Å². The summed E-state index contributed by atoms with van der Waals surface area (Å²) in [6.45, 7) is 0.575. The van der Waals surface area contributed by atoms with Crippen LogP contribution in [0.2, 0.25) is 0 Å². The molecule has 5 heteroatoms. The van der Waals surface area contributed by atoms with Crippen molar-refractivity contribution < 1.29 is 9.53 Å². The van der Waals surface area contributed by atoms with Gasteiger partial charge in [-0.05, 0) is 35.4 Å². The first-order valence-electron chi connectivity index (χ1n) is 7.96. The second-order valence-electron chi connectivity index (χ2n) is 5.55. The van der Waals surface area contributed by atoms with Gasteiger partial charge in [0, 0.05) is 11.9 Å². The molecule has 1 heterocycles. The first-order valence-corrected chi connectivity index (χ1v) is 7.96. The van der Waals surface area contributed by atoms with E-state index in [9.17, 15) is 4.79 Å². The number of nitrogen functional groups attached to an aromatic ring is 1. The summed E-state index contributed by atoms with van der Waals surface area (Å²) in [5.41, 5.74) is 8.32. The Kier molecular flexibility index (Phi) is 5.26. The van der Waals surface area contributed by atoms with Gasteiger partial charge in [-0.15, -0.1) is 0 Å². The molecule has 0 aliphatic heterocycles. The number of nitrogens with two attached hydrogens (primary N) is 1. The summed E-state index contributed by atoms with van der Waals surface area (Å²) in [5.74, 6) is 0.420. The zero-order valence-electron chi connectivity index (χ0n) is 13.7. The minimum absolute atomic E-state index is 0.224. The summed E-state index contributed by atoms with van der Waals surface area (Å²) in [6, 6.07) is 22.6. The average molecular weight is 333 g/mol. The minimum atomic E-state index is -0.412. The lowest BCUT2D eigenvalue weighted by Gasteiger charge is -2.22. The third-order valence-electron chi connectivity index (χ3n) is 3.68. The van der Waals surface area contributed by atoms with Crippen LogP contribution in [0.4, 0.5) is 16.3 Å². The van der Waals surface area contributed by atoms with Gasteiger partial charge in [0.1, 0.15) is 12.4 Å². The molecular weight excluding hydrogens is 314 g/mol. The van der Waals surface area contributed by atoms with Gasteiger partial charge in [-0.2, -0.15) is 0 Å². The quantitative estimate of drug-likeness (QED) is 0.766. The van der Waals surface area contributed by atoms with Crippen molar-refractivity contribution in [2.45, 2.75) is 13.2 Å². The Morgan fingerprint density at radius 3 is 2.32 bits per heavy atom. The molecule has 0 saturated heterocycles. The molecule has 2 N–H and O–H groups in total. The molecule has 0 bridgehead atoms. The highest BCUT2D eigenvalue weighted by atomic mass is 16.6. The van der Waals surface area contributed by atoms with Crippen LogP contribution in [-0.4, -0.2) is 11.1 Å². The maximum Gasteiger partial charge on any atom is 0.414 e. The molecule has 1 amide bonds. The van der Waals surface area contributed by atoms with Gasteiger partial charge in [0.2, 0.25) is 0 Å². The van der Waals surface area contributed by atoms with Gasteiger partial charge >= 0.3 is 6.09 Å². The lowest BCUT2D eigenvalue weighted by atomic mass is 10.2. The van der Waals surface area contributed by atoms with Crippen LogP contribution in [0.5, 0.6) is 0 Å². The Labute approximate surface area is 146 Å². The van der Waals surface area contributed by atoms with Crippen molar-refractivity contribution in [3.05, 3.63) is 90.1 Å². The Hall–Kier alpha value is -3.34. The third-order valence-corrected chi connectivity index (χ3v) is 3.68. The van der Waals surface area contributed by atoms with Crippen molar-refractivity contribution in [2.75, 3.05) is 10.6 Å². The highest BCUT2D eigenvalue weighted by molar-refractivity contribution is 5.87. The van der Waals surface area contributed by atoms with Gasteiger partial charge in [0.15, 0.2) is 0 Å². The summed E-state index contributed by atoms with van der Waals surface area (Å²) >= 11 is 0. The largest absolute Gasteiger partial charge is 0.444 e. The highest BCUT2D eigenvalue weighted by Gasteiger charge is 2.18. The number of anilines is 2. The van der Waals surface area contributed by atoms with Gasteiger partial charge in [-0.1, -0.05) is 48.5 Å². The zero-order chi connectivity index (χ0) is 17.5. The number of carbonyl (C=O) groups is 1. The Bertz CT molecular complexity index is 823. The second-order valence-corrected chi connectivity index (χ2v) is 5.55. The molecule has 0 radical (unpaired) electrons. The first-order chi connectivity index (χ1) is 12.2. The minimum Gasteiger partial charge on any atom is -0.444 e. The molecule has 1 aromatic heterocycles. The van der Waals surface area contributed by atoms with E-state index in [1.165, 1.54) is 0 Å². The molecule has 5 nitrogen and oxygen atoms in total. The van der Waals surface area contributed by atoms with Gasteiger partial charge in [-0.25, -0.2) is 9.78 Å². The summed E-state index contributed by atoms with van der Waals surface area (Å²) in [6.07, 6.45) is 1.22. The van der Waals surface area contributed by atoms with Crippen molar-refractivity contribution >= 4 is 17.6 Å². The van der Waals surface area contributed by atoms with Gasteiger partial charge in [0.05, 0.1) is 6.54 Å². The number of aromatic nitrogens is 1. The second kappa shape index (κ2) is 7.97. The molecule has 0 spiro atoms. The van der Waals surface area contributed by atoms with E-state index >= 15 is 0 Å². The third kappa shape index (κ3) is 4.57. The van der Waals surface area contributed by atoms with Crippen LogP contribution in [0.25, 0.3) is 0 Å². The van der Waals surface area contributed by atoms with Crippen LogP contribution < -0.4 is 10.6 Å². The van der Waals surface area contributed by atoms with E-state index in [2.05, 4.69) is 4.98 Å². The number of benzene rings is 2. The lowest BCUT2D eigenvalue weighted by molar-refractivity contribution is 0.146. The predicted octanol–water partition coefficient (Wildman–Crippen LogP) is 4.01. The van der Waals surface area contributed by atoms with Crippen molar-refractivity contribution in [3.63, 3.8) is 0 Å². The highest BCUT2D eigenvalue weighted by Crippen LogP contribution is 2.19. The van der Waals surface area contributed by atoms with E-state index in [-0.39, 0.29) is 6.61 Å². The lowest BCUT2D eigenvalue weighted by Crippen LogP contribution is -2.31. The summed E-state index contributed by atoms with van der Waals surface area (Å²) < 4.78 is 5.49. The number of rotatable bonds is 5. The van der Waals surface area contributed by atoms with Crippen molar-refractivity contribution in [3.8, 4) is 0 Å². The zero-order valence-corrected chi connectivity index (χ0v) is 13.7. The number of amides is 1. The van der Waals surface area contributed by atoms with Crippen molar-refractivity contribution in [2.24, 2.45) is 0 Å². The van der Waals surface area contributed by atoms with Gasteiger partial charge in [0.25, 0.3) is 0 Å². The molecule has 0 atom stereocenters. The van der Waals surface area contributed by atoms with Crippen molar-refractivity contribution in [1.82, 2.24) is 4.98 Å². The molecule has 2 aromatic carbocycles. The van der Waals surface area contributed by atoms with E-state index in [4.69, 9.17) is 10.5 Å². The standard InChI is InChI=1S/C20H19N3O2/c21-19-13-17(11-12-22-19)14-23(18-9-5-2-6-10-18)20(24)25-15-16-7-3-1-4-8-16/h1-13H,14-15H2,(H2,21,22). The molecule has 0 saturated carbocycles. The number of ether oxygens (including phenoxy) is 1. The Balaban J connectivity index is 1.77. The predicted molar refractivity (Wildman–Crippen MR) is 97.9 cm³/mol. The van der Waals surface area contributed by atoms with Crippen LogP contribution in [-0.2, 0) is 17.9 Å². The van der Waals surface area contributed by atoms with Gasteiger partial charge in [-0.3, -0.25) is 4.90 Å². The summed E-state index contributed by atoms with van der Waals surface area (Å²) in [4.78, 5) is 18.2. The molecule has 0 aliphatic rings. The molecule has 3 rings (SSSR count). The number of hydrogen-bond donors (Lipinski definition) is 1. The number of carbonyl (C=O) groups excluding carboxylic acids is 1. The molecule has 0 unspecified atom stereocenters. The van der Waals surface area contributed by atoms with E-state index in [0.717, 1.165) is 16.8 Å². The van der Waals surface area contributed by atoms with E-state index in [1.54, 1.807) is 17.2 Å². The van der Waals surface area contributed by atoms with Gasteiger partial charge < -0.3 is 10.5 Å². The Morgan fingerprint density at radius 2 is 1.64 bits per heavy atom.